The molecular weight excluding hydrogens is 234 g/mol. The lowest BCUT2D eigenvalue weighted by atomic mass is 9.95. The summed E-state index contributed by atoms with van der Waals surface area (Å²) in [7, 11) is 0. The van der Waals surface area contributed by atoms with Crippen LogP contribution in [0.25, 0.3) is 0 Å². The van der Waals surface area contributed by atoms with Crippen molar-refractivity contribution in [1.29, 1.82) is 0 Å². The Morgan fingerprint density at radius 2 is 2.11 bits per heavy atom. The minimum Gasteiger partial charge on any atom is -0.444 e. The van der Waals surface area contributed by atoms with Gasteiger partial charge in [-0.05, 0) is 39.5 Å². The summed E-state index contributed by atoms with van der Waals surface area (Å²) in [4.78, 5) is 24.8. The van der Waals surface area contributed by atoms with E-state index in [0.29, 0.717) is 19.5 Å². The molecule has 0 radical (unpaired) electrons. The van der Waals surface area contributed by atoms with Crippen LogP contribution in [0.15, 0.2) is 0 Å². The molecule has 1 aliphatic heterocycles. The van der Waals surface area contributed by atoms with Crippen molar-refractivity contribution in [1.82, 2.24) is 10.3 Å². The number of hydrazine groups is 1. The molecule has 1 saturated heterocycles. The summed E-state index contributed by atoms with van der Waals surface area (Å²) < 4.78 is 5.32. The van der Waals surface area contributed by atoms with Gasteiger partial charge in [-0.3, -0.25) is 10.2 Å². The first-order valence-corrected chi connectivity index (χ1v) is 6.29. The van der Waals surface area contributed by atoms with Crippen LogP contribution in [0.3, 0.4) is 0 Å². The predicted octanol–water partition coefficient (Wildman–Crippen LogP) is 1.01. The second-order valence-corrected chi connectivity index (χ2v) is 5.71. The summed E-state index contributed by atoms with van der Waals surface area (Å²) in [5, 5.41) is 0. The summed E-state index contributed by atoms with van der Waals surface area (Å²) in [6.07, 6.45) is 1.88. The first kappa shape index (κ1) is 14.8. The summed E-state index contributed by atoms with van der Waals surface area (Å²) in [6, 6.07) is 0. The summed E-state index contributed by atoms with van der Waals surface area (Å²) in [5.74, 6) is 5.04. The summed E-state index contributed by atoms with van der Waals surface area (Å²) in [5.41, 5.74) is 1.63. The number of amides is 2. The third-order valence-electron chi connectivity index (χ3n) is 2.81. The molecule has 0 spiro atoms. The van der Waals surface area contributed by atoms with Gasteiger partial charge in [-0.1, -0.05) is 0 Å². The maximum Gasteiger partial charge on any atom is 0.410 e. The molecule has 1 heterocycles. The SMILES string of the molecule is CC(C)(C)OC(=O)N1CCCC(CC(=O)NN)C1. The Labute approximate surface area is 108 Å². The smallest absolute Gasteiger partial charge is 0.410 e. The minimum atomic E-state index is -0.487. The molecular formula is C12H23N3O3. The van der Waals surface area contributed by atoms with Crippen LogP contribution in [-0.4, -0.2) is 35.6 Å². The van der Waals surface area contributed by atoms with Crippen LogP contribution in [0.1, 0.15) is 40.0 Å². The van der Waals surface area contributed by atoms with Gasteiger partial charge in [0.1, 0.15) is 5.60 Å². The molecule has 1 unspecified atom stereocenters. The van der Waals surface area contributed by atoms with Gasteiger partial charge in [0.25, 0.3) is 0 Å². The number of carbonyl (C=O) groups is 2. The van der Waals surface area contributed by atoms with E-state index >= 15 is 0 Å². The number of hydrogen-bond donors (Lipinski definition) is 2. The molecule has 0 aliphatic carbocycles. The maximum atomic E-state index is 11.9. The normalized spacial score (nSPS) is 20.4. The highest BCUT2D eigenvalue weighted by molar-refractivity contribution is 5.75. The van der Waals surface area contributed by atoms with Gasteiger partial charge < -0.3 is 9.64 Å². The van der Waals surface area contributed by atoms with Crippen molar-refractivity contribution < 1.29 is 14.3 Å². The number of nitrogens with two attached hydrogens (primary N) is 1. The van der Waals surface area contributed by atoms with Gasteiger partial charge in [0.2, 0.25) is 5.91 Å². The summed E-state index contributed by atoms with van der Waals surface area (Å²) in [6.45, 7) is 6.77. The van der Waals surface area contributed by atoms with E-state index in [4.69, 9.17) is 10.6 Å². The fourth-order valence-electron chi connectivity index (χ4n) is 2.05. The molecule has 6 nitrogen and oxygen atoms in total. The Bertz CT molecular complexity index is 312. The van der Waals surface area contributed by atoms with Crippen molar-refractivity contribution >= 4 is 12.0 Å². The number of rotatable bonds is 2. The molecule has 2 amide bonds. The Hall–Kier alpha value is -1.30. The summed E-state index contributed by atoms with van der Waals surface area (Å²) >= 11 is 0. The van der Waals surface area contributed by atoms with E-state index in [9.17, 15) is 9.59 Å². The fourth-order valence-corrected chi connectivity index (χ4v) is 2.05. The lowest BCUT2D eigenvalue weighted by molar-refractivity contribution is -0.122. The zero-order chi connectivity index (χ0) is 13.8. The third-order valence-corrected chi connectivity index (χ3v) is 2.81. The molecule has 1 atom stereocenters. The fraction of sp³-hybridized carbons (Fsp3) is 0.833. The second kappa shape index (κ2) is 6.04. The zero-order valence-corrected chi connectivity index (χ0v) is 11.4. The molecule has 104 valence electrons. The maximum absolute atomic E-state index is 11.9. The standard InChI is InChI=1S/C12H23N3O3/c1-12(2,3)18-11(17)15-6-4-5-9(8-15)7-10(16)14-13/h9H,4-8,13H2,1-3H3,(H,14,16). The van der Waals surface area contributed by atoms with E-state index in [1.807, 2.05) is 20.8 Å². The monoisotopic (exact) mass is 257 g/mol. The average molecular weight is 257 g/mol. The second-order valence-electron chi connectivity index (χ2n) is 5.71. The number of nitrogens with one attached hydrogen (secondary N) is 1. The quantitative estimate of drug-likeness (QED) is 0.439. The van der Waals surface area contributed by atoms with Gasteiger partial charge in [-0.15, -0.1) is 0 Å². The molecule has 0 aromatic rings. The Kier molecular flexibility index (Phi) is 4.95. The van der Waals surface area contributed by atoms with Crippen molar-refractivity contribution in [2.24, 2.45) is 11.8 Å². The van der Waals surface area contributed by atoms with Crippen molar-refractivity contribution in [2.45, 2.75) is 45.6 Å². The van der Waals surface area contributed by atoms with Crippen molar-refractivity contribution in [3.8, 4) is 0 Å². The highest BCUT2D eigenvalue weighted by atomic mass is 16.6. The number of piperidine rings is 1. The third kappa shape index (κ3) is 4.91. The zero-order valence-electron chi connectivity index (χ0n) is 11.4. The largest absolute Gasteiger partial charge is 0.444 e. The number of hydrogen-bond acceptors (Lipinski definition) is 4. The average Bonchev–Trinajstić information content (AvgIpc) is 2.27. The molecule has 0 aromatic carbocycles. The molecule has 0 saturated carbocycles. The topological polar surface area (TPSA) is 84.7 Å². The van der Waals surface area contributed by atoms with Crippen LogP contribution in [0.4, 0.5) is 4.79 Å². The first-order valence-electron chi connectivity index (χ1n) is 6.29. The Balaban J connectivity index is 2.48. The number of carbonyl (C=O) groups excluding carboxylic acids is 2. The van der Waals surface area contributed by atoms with E-state index in [2.05, 4.69) is 5.43 Å². The minimum absolute atomic E-state index is 0.162. The molecule has 0 bridgehead atoms. The number of likely N-dealkylation sites (tertiary alicyclic amines) is 1. The molecule has 0 aromatic heterocycles. The van der Waals surface area contributed by atoms with Crippen molar-refractivity contribution in [2.75, 3.05) is 13.1 Å². The van der Waals surface area contributed by atoms with Gasteiger partial charge in [-0.25, -0.2) is 10.6 Å². The lowest BCUT2D eigenvalue weighted by Gasteiger charge is -2.33. The van der Waals surface area contributed by atoms with Crippen LogP contribution in [0.2, 0.25) is 0 Å². The van der Waals surface area contributed by atoms with E-state index in [0.717, 1.165) is 12.8 Å². The molecule has 3 N–H and O–H groups in total. The first-order chi connectivity index (χ1) is 8.31. The van der Waals surface area contributed by atoms with Crippen LogP contribution >= 0.6 is 0 Å². The van der Waals surface area contributed by atoms with Gasteiger partial charge in [0.15, 0.2) is 0 Å². The Morgan fingerprint density at radius 1 is 1.44 bits per heavy atom. The highest BCUT2D eigenvalue weighted by Gasteiger charge is 2.28. The van der Waals surface area contributed by atoms with Gasteiger partial charge >= 0.3 is 6.09 Å². The molecule has 18 heavy (non-hydrogen) atoms. The highest BCUT2D eigenvalue weighted by Crippen LogP contribution is 2.21. The van der Waals surface area contributed by atoms with Crippen LogP contribution in [0, 0.1) is 5.92 Å². The van der Waals surface area contributed by atoms with Crippen molar-refractivity contribution in [3.63, 3.8) is 0 Å². The lowest BCUT2D eigenvalue weighted by Crippen LogP contribution is -2.44. The molecule has 1 rings (SSSR count). The van der Waals surface area contributed by atoms with Crippen LogP contribution in [-0.2, 0) is 9.53 Å². The van der Waals surface area contributed by atoms with Gasteiger partial charge in [-0.2, -0.15) is 0 Å². The van der Waals surface area contributed by atoms with Crippen molar-refractivity contribution in [3.05, 3.63) is 0 Å². The van der Waals surface area contributed by atoms with E-state index < -0.39 is 5.60 Å². The van der Waals surface area contributed by atoms with E-state index in [-0.39, 0.29) is 17.9 Å². The van der Waals surface area contributed by atoms with Crippen LogP contribution in [0.5, 0.6) is 0 Å². The number of nitrogens with zero attached hydrogens (tertiary/aromatic N) is 1. The molecule has 1 fully saturated rings. The number of ether oxygens (including phenoxy) is 1. The molecule has 6 heteroatoms. The van der Waals surface area contributed by atoms with E-state index in [1.54, 1.807) is 4.90 Å². The van der Waals surface area contributed by atoms with E-state index in [1.165, 1.54) is 0 Å². The molecule has 1 aliphatic rings. The van der Waals surface area contributed by atoms with Gasteiger partial charge in [0.05, 0.1) is 0 Å². The predicted molar refractivity (Wildman–Crippen MR) is 67.5 cm³/mol. The van der Waals surface area contributed by atoms with Crippen LogP contribution < -0.4 is 11.3 Å². The Morgan fingerprint density at radius 3 is 2.67 bits per heavy atom. The van der Waals surface area contributed by atoms with Gasteiger partial charge in [0, 0.05) is 19.5 Å².